The lowest BCUT2D eigenvalue weighted by molar-refractivity contribution is 0.0992. The van der Waals surface area contributed by atoms with Gasteiger partial charge in [-0.25, -0.2) is 23.1 Å². The minimum Gasteiger partial charge on any atom is -0.485 e. The first-order chi connectivity index (χ1) is 17.1. The lowest BCUT2D eigenvalue weighted by atomic mass is 10.1. The van der Waals surface area contributed by atoms with Gasteiger partial charge in [0, 0.05) is 17.1 Å². The van der Waals surface area contributed by atoms with Crippen molar-refractivity contribution in [3.63, 3.8) is 0 Å². The number of hydrogen-bond acceptors (Lipinski definition) is 7. The van der Waals surface area contributed by atoms with E-state index in [4.69, 9.17) is 9.15 Å². The van der Waals surface area contributed by atoms with Crippen LogP contribution in [0.2, 0.25) is 0 Å². The molecule has 0 bridgehead atoms. The zero-order valence-corrected chi connectivity index (χ0v) is 21.1. The molecule has 2 N–H and O–H groups in total. The van der Waals surface area contributed by atoms with E-state index in [0.29, 0.717) is 22.8 Å². The third-order valence-electron chi connectivity index (χ3n) is 5.28. The number of nitrogens with zero attached hydrogens (tertiary/aromatic N) is 2. The van der Waals surface area contributed by atoms with E-state index in [1.165, 1.54) is 24.3 Å². The van der Waals surface area contributed by atoms with E-state index >= 15 is 0 Å². The van der Waals surface area contributed by atoms with E-state index in [-0.39, 0.29) is 23.2 Å². The van der Waals surface area contributed by atoms with Crippen molar-refractivity contribution in [3.05, 3.63) is 94.7 Å². The van der Waals surface area contributed by atoms with Gasteiger partial charge in [0.05, 0.1) is 4.90 Å². The van der Waals surface area contributed by atoms with Gasteiger partial charge in [0.15, 0.2) is 5.76 Å². The molecule has 186 valence electrons. The van der Waals surface area contributed by atoms with E-state index < -0.39 is 15.9 Å². The minimum absolute atomic E-state index is 0.0000629. The number of anilines is 2. The van der Waals surface area contributed by atoms with E-state index in [1.54, 1.807) is 32.0 Å². The summed E-state index contributed by atoms with van der Waals surface area (Å²) in [4.78, 5) is 20.8. The van der Waals surface area contributed by atoms with Gasteiger partial charge in [0.25, 0.3) is 15.9 Å². The molecule has 4 aromatic rings. The molecule has 2 aromatic carbocycles. The monoisotopic (exact) mass is 506 g/mol. The van der Waals surface area contributed by atoms with Gasteiger partial charge in [0.1, 0.15) is 18.1 Å². The fourth-order valence-corrected chi connectivity index (χ4v) is 4.55. The molecule has 10 heteroatoms. The standard InChI is InChI=1S/C26H26N4O5S/c1-16-6-5-7-17(2)24(16)34-15-21-10-13-23(35-21)25(31)29-20-8-11-22(12-9-20)36(32,33)30-26-27-18(3)14-19(4)28-26/h5-14H,15H2,1-4H3,(H,29,31)(H,27,28,30). The zero-order valence-electron chi connectivity index (χ0n) is 20.3. The van der Waals surface area contributed by atoms with Crippen LogP contribution in [0.4, 0.5) is 11.6 Å². The summed E-state index contributed by atoms with van der Waals surface area (Å²) in [5.74, 6) is 0.934. The molecule has 0 atom stereocenters. The number of rotatable bonds is 8. The van der Waals surface area contributed by atoms with Crippen molar-refractivity contribution in [3.8, 4) is 5.75 Å². The van der Waals surface area contributed by atoms with Crippen molar-refractivity contribution < 1.29 is 22.4 Å². The summed E-state index contributed by atoms with van der Waals surface area (Å²) in [6, 6.07) is 16.6. The van der Waals surface area contributed by atoms with Gasteiger partial charge >= 0.3 is 0 Å². The van der Waals surface area contributed by atoms with Gasteiger partial charge in [0.2, 0.25) is 5.95 Å². The number of furan rings is 1. The molecular formula is C26H26N4O5S. The molecule has 36 heavy (non-hydrogen) atoms. The maximum absolute atomic E-state index is 12.7. The highest BCUT2D eigenvalue weighted by molar-refractivity contribution is 7.92. The minimum atomic E-state index is -3.90. The maximum atomic E-state index is 12.7. The number of carbonyl (C=O) groups is 1. The summed E-state index contributed by atoms with van der Waals surface area (Å²) in [7, 11) is -3.90. The summed E-state index contributed by atoms with van der Waals surface area (Å²) < 4.78 is 39.2. The molecule has 2 heterocycles. The number of aryl methyl sites for hydroxylation is 4. The second kappa shape index (κ2) is 10.2. The number of benzene rings is 2. The van der Waals surface area contributed by atoms with E-state index in [1.807, 2.05) is 32.0 Å². The topological polar surface area (TPSA) is 123 Å². The number of ether oxygens (including phenoxy) is 1. The summed E-state index contributed by atoms with van der Waals surface area (Å²) in [5.41, 5.74) is 3.74. The quantitative estimate of drug-likeness (QED) is 0.347. The van der Waals surface area contributed by atoms with Crippen LogP contribution in [0.3, 0.4) is 0 Å². The predicted octanol–water partition coefficient (Wildman–Crippen LogP) is 4.94. The van der Waals surface area contributed by atoms with Crippen LogP contribution in [0.1, 0.15) is 38.8 Å². The van der Waals surface area contributed by atoms with Crippen molar-refractivity contribution in [2.24, 2.45) is 0 Å². The molecular weight excluding hydrogens is 480 g/mol. The highest BCUT2D eigenvalue weighted by Gasteiger charge is 2.17. The molecule has 0 spiro atoms. The van der Waals surface area contributed by atoms with Crippen LogP contribution in [0, 0.1) is 27.7 Å². The Kier molecular flexibility index (Phi) is 7.07. The van der Waals surface area contributed by atoms with Crippen molar-refractivity contribution in [1.29, 1.82) is 0 Å². The van der Waals surface area contributed by atoms with Crippen LogP contribution in [0.25, 0.3) is 0 Å². The molecule has 4 rings (SSSR count). The summed E-state index contributed by atoms with van der Waals surface area (Å²) >= 11 is 0. The van der Waals surface area contributed by atoms with Crippen molar-refractivity contribution >= 4 is 27.6 Å². The Morgan fingerprint density at radius 1 is 0.917 bits per heavy atom. The molecule has 0 aliphatic heterocycles. The average Bonchev–Trinajstić information content (AvgIpc) is 3.27. The Bertz CT molecular complexity index is 1470. The second-order valence-corrected chi connectivity index (χ2v) is 10.0. The van der Waals surface area contributed by atoms with E-state index in [9.17, 15) is 13.2 Å². The van der Waals surface area contributed by atoms with Gasteiger partial charge in [-0.15, -0.1) is 0 Å². The molecule has 2 aromatic heterocycles. The molecule has 0 aliphatic carbocycles. The fraction of sp³-hybridized carbons (Fsp3) is 0.192. The lowest BCUT2D eigenvalue weighted by Crippen LogP contribution is -2.16. The Morgan fingerprint density at radius 2 is 1.56 bits per heavy atom. The lowest BCUT2D eigenvalue weighted by Gasteiger charge is -2.10. The average molecular weight is 507 g/mol. The third-order valence-corrected chi connectivity index (χ3v) is 6.63. The zero-order chi connectivity index (χ0) is 25.9. The maximum Gasteiger partial charge on any atom is 0.291 e. The Morgan fingerprint density at radius 3 is 2.19 bits per heavy atom. The predicted molar refractivity (Wildman–Crippen MR) is 136 cm³/mol. The number of nitrogens with one attached hydrogen (secondary N) is 2. The van der Waals surface area contributed by atoms with E-state index in [2.05, 4.69) is 20.0 Å². The fourth-order valence-electron chi connectivity index (χ4n) is 3.61. The van der Waals surface area contributed by atoms with Crippen LogP contribution in [-0.2, 0) is 16.6 Å². The normalized spacial score (nSPS) is 11.2. The van der Waals surface area contributed by atoms with Crippen LogP contribution in [-0.4, -0.2) is 24.3 Å². The first kappa shape index (κ1) is 24.9. The van der Waals surface area contributed by atoms with Gasteiger partial charge in [-0.2, -0.15) is 0 Å². The number of carbonyl (C=O) groups excluding carboxylic acids is 1. The number of hydrogen-bond donors (Lipinski definition) is 2. The summed E-state index contributed by atoms with van der Waals surface area (Å²) in [6.45, 7) is 7.62. The number of para-hydroxylation sites is 1. The number of sulfonamides is 1. The van der Waals surface area contributed by atoms with Crippen molar-refractivity contribution in [1.82, 2.24) is 9.97 Å². The van der Waals surface area contributed by atoms with Gasteiger partial charge in [-0.1, -0.05) is 18.2 Å². The third kappa shape index (κ3) is 5.89. The highest BCUT2D eigenvalue weighted by Crippen LogP contribution is 2.24. The molecule has 0 saturated heterocycles. The first-order valence-corrected chi connectivity index (χ1v) is 12.6. The van der Waals surface area contributed by atoms with Crippen molar-refractivity contribution in [2.75, 3.05) is 10.0 Å². The molecule has 0 saturated carbocycles. The number of amides is 1. The van der Waals surface area contributed by atoms with Gasteiger partial charge < -0.3 is 14.5 Å². The Labute approximate surface area is 209 Å². The van der Waals surface area contributed by atoms with Gasteiger partial charge in [-0.3, -0.25) is 4.79 Å². The van der Waals surface area contributed by atoms with Crippen LogP contribution < -0.4 is 14.8 Å². The second-order valence-electron chi connectivity index (χ2n) is 8.33. The van der Waals surface area contributed by atoms with Gasteiger partial charge in [-0.05, 0) is 81.3 Å². The Hall–Kier alpha value is -4.18. The molecule has 0 unspecified atom stereocenters. The largest absolute Gasteiger partial charge is 0.485 e. The molecule has 0 aliphatic rings. The first-order valence-electron chi connectivity index (χ1n) is 11.1. The smallest absolute Gasteiger partial charge is 0.291 e. The summed E-state index contributed by atoms with van der Waals surface area (Å²) in [5, 5.41) is 2.69. The highest BCUT2D eigenvalue weighted by atomic mass is 32.2. The molecule has 0 radical (unpaired) electrons. The Balaban J connectivity index is 1.38. The van der Waals surface area contributed by atoms with E-state index in [0.717, 1.165) is 16.9 Å². The van der Waals surface area contributed by atoms with Crippen LogP contribution in [0.15, 0.2) is 70.0 Å². The number of aromatic nitrogens is 2. The molecule has 0 fully saturated rings. The molecule has 1 amide bonds. The van der Waals surface area contributed by atoms with Crippen molar-refractivity contribution in [2.45, 2.75) is 39.2 Å². The van der Waals surface area contributed by atoms with Crippen LogP contribution in [0.5, 0.6) is 5.75 Å². The molecule has 9 nitrogen and oxygen atoms in total. The summed E-state index contributed by atoms with van der Waals surface area (Å²) in [6.07, 6.45) is 0. The van der Waals surface area contributed by atoms with Crippen LogP contribution >= 0.6 is 0 Å². The SMILES string of the molecule is Cc1cc(C)nc(NS(=O)(=O)c2ccc(NC(=O)c3ccc(COc4c(C)cccc4C)o3)cc2)n1.